The fraction of sp³-hybridized carbons (Fsp3) is 0.333. The number of benzene rings is 2. The second kappa shape index (κ2) is 9.43. The Labute approximate surface area is 194 Å². The maximum atomic E-state index is 14.5. The molecule has 169 valence electrons. The molecule has 1 atom stereocenters. The van der Waals surface area contributed by atoms with Crippen molar-refractivity contribution in [1.29, 1.82) is 5.41 Å². The first-order valence-electron chi connectivity index (χ1n) is 10.0. The number of H-pyrrole nitrogens is 1. The minimum absolute atomic E-state index is 0.00526. The first-order valence-corrected chi connectivity index (χ1v) is 12.7. The fourth-order valence-corrected chi connectivity index (χ4v) is 6.48. The van der Waals surface area contributed by atoms with Gasteiger partial charge in [0.2, 0.25) is 0 Å². The molecule has 11 heteroatoms. The number of imidazole rings is 1. The molecule has 4 rings (SSSR count). The Morgan fingerprint density at radius 3 is 2.81 bits per heavy atom. The van der Waals surface area contributed by atoms with E-state index in [4.69, 9.17) is 17.0 Å². The van der Waals surface area contributed by atoms with Crippen LogP contribution in [0.2, 0.25) is 10.2 Å². The van der Waals surface area contributed by atoms with Crippen molar-refractivity contribution in [3.63, 3.8) is 0 Å². The van der Waals surface area contributed by atoms with Gasteiger partial charge in [-0.3, -0.25) is 0 Å². The number of aromatic amines is 1. The van der Waals surface area contributed by atoms with E-state index in [1.807, 2.05) is 0 Å². The van der Waals surface area contributed by atoms with Crippen LogP contribution < -0.4 is 9.68 Å². The van der Waals surface area contributed by atoms with Crippen LogP contribution in [0.15, 0.2) is 24.3 Å². The molecule has 1 saturated heterocycles. The Balaban J connectivity index is 1.64. The van der Waals surface area contributed by atoms with Crippen LogP contribution in [0.4, 0.5) is 18.9 Å². The molecule has 32 heavy (non-hydrogen) atoms. The number of nitrogens with zero attached hydrogens (tertiary/aromatic N) is 3. The molecule has 0 amide bonds. The van der Waals surface area contributed by atoms with Gasteiger partial charge in [0.25, 0.3) is 0 Å². The van der Waals surface area contributed by atoms with Gasteiger partial charge in [0, 0.05) is 0 Å². The molecule has 1 aliphatic rings. The van der Waals surface area contributed by atoms with Gasteiger partial charge >= 0.3 is 195 Å². The van der Waals surface area contributed by atoms with Gasteiger partial charge in [-0.1, -0.05) is 0 Å². The van der Waals surface area contributed by atoms with E-state index in [-0.39, 0.29) is 27.3 Å². The van der Waals surface area contributed by atoms with E-state index in [1.54, 1.807) is 0 Å². The number of piperidine rings is 1. The van der Waals surface area contributed by atoms with Crippen molar-refractivity contribution in [1.82, 2.24) is 14.9 Å². The SMILES string of the molecule is CN1CCCCC1C[As]c1nc2c(F)c(F)cc(C(=N)N(O)c3ccc(F)c(Cl)c3)c2[nH]1. The van der Waals surface area contributed by atoms with Crippen molar-refractivity contribution in [2.24, 2.45) is 0 Å². The molecule has 1 fully saturated rings. The number of rotatable bonds is 5. The van der Waals surface area contributed by atoms with Crippen LogP contribution in [0.5, 0.6) is 0 Å². The summed E-state index contributed by atoms with van der Waals surface area (Å²) in [6.07, 6.45) is 3.46. The maximum absolute atomic E-state index is 14.5. The predicted molar refractivity (Wildman–Crippen MR) is 119 cm³/mol. The van der Waals surface area contributed by atoms with Crippen molar-refractivity contribution in [2.45, 2.75) is 30.5 Å². The number of fused-ring (bicyclic) bond motifs is 1. The van der Waals surface area contributed by atoms with Gasteiger partial charge in [-0.2, -0.15) is 0 Å². The first kappa shape index (κ1) is 23.1. The second-order valence-corrected chi connectivity index (χ2v) is 10.5. The summed E-state index contributed by atoms with van der Waals surface area (Å²) in [7, 11) is 2.09. The second-order valence-electron chi connectivity index (χ2n) is 7.73. The number of aromatic nitrogens is 2. The fourth-order valence-electron chi connectivity index (χ4n) is 3.78. The first-order chi connectivity index (χ1) is 15.3. The van der Waals surface area contributed by atoms with Crippen LogP contribution in [-0.4, -0.2) is 61.3 Å². The van der Waals surface area contributed by atoms with Crippen LogP contribution in [0.1, 0.15) is 24.8 Å². The van der Waals surface area contributed by atoms with Crippen LogP contribution in [0.25, 0.3) is 11.0 Å². The standard InChI is InChI=1S/C21H21AsClF3N5O/c1-30-7-3-2-4-12(30)10-22-21-28-18-13(9-16(25)17(26)19(18)29-21)20(27)31(32)11-5-6-15(24)14(23)8-11/h5-6,8-9,12,27,32H,2-4,7,10H2,1H3,(H,28,29). The Kier molecular flexibility index (Phi) is 6.81. The van der Waals surface area contributed by atoms with E-state index in [9.17, 15) is 18.4 Å². The van der Waals surface area contributed by atoms with Crippen molar-refractivity contribution in [3.8, 4) is 0 Å². The topological polar surface area (TPSA) is 79.2 Å². The number of nitrogens with one attached hydrogen (secondary N) is 2. The van der Waals surface area contributed by atoms with Crippen LogP contribution in [-0.2, 0) is 0 Å². The quantitative estimate of drug-likeness (QED) is 0.203. The van der Waals surface area contributed by atoms with Crippen molar-refractivity contribution < 1.29 is 18.4 Å². The Morgan fingerprint density at radius 1 is 1.31 bits per heavy atom. The molecular formula is C21H21AsClF3N5O. The van der Waals surface area contributed by atoms with E-state index in [0.29, 0.717) is 15.7 Å². The zero-order valence-corrected chi connectivity index (χ0v) is 19.8. The molecule has 0 bridgehead atoms. The molecule has 0 spiro atoms. The molecule has 3 aromatic rings. The van der Waals surface area contributed by atoms with Crippen molar-refractivity contribution in [2.75, 3.05) is 18.7 Å². The number of hydrogen-bond donors (Lipinski definition) is 3. The summed E-state index contributed by atoms with van der Waals surface area (Å²) >= 11 is 5.32. The van der Waals surface area contributed by atoms with E-state index < -0.39 is 39.0 Å². The summed E-state index contributed by atoms with van der Waals surface area (Å²) in [5.74, 6) is -3.50. The van der Waals surface area contributed by atoms with Gasteiger partial charge in [0.1, 0.15) is 0 Å². The van der Waals surface area contributed by atoms with Gasteiger partial charge in [0.15, 0.2) is 0 Å². The zero-order chi connectivity index (χ0) is 23.0. The molecular weight excluding hydrogens is 506 g/mol. The predicted octanol–water partition coefficient (Wildman–Crippen LogP) is 4.09. The van der Waals surface area contributed by atoms with Gasteiger partial charge in [0.05, 0.1) is 0 Å². The van der Waals surface area contributed by atoms with E-state index in [0.717, 1.165) is 36.4 Å². The average molecular weight is 527 g/mol. The van der Waals surface area contributed by atoms with Gasteiger partial charge in [-0.05, 0) is 0 Å². The molecule has 0 aliphatic carbocycles. The molecule has 1 radical (unpaired) electrons. The van der Waals surface area contributed by atoms with Crippen molar-refractivity contribution >= 4 is 54.5 Å². The monoisotopic (exact) mass is 526 g/mol. The third kappa shape index (κ3) is 4.52. The molecule has 2 heterocycles. The van der Waals surface area contributed by atoms with Crippen LogP contribution in [0.3, 0.4) is 0 Å². The summed E-state index contributed by atoms with van der Waals surface area (Å²) < 4.78 is 42.8. The summed E-state index contributed by atoms with van der Waals surface area (Å²) in [4.78, 5) is 9.62. The Morgan fingerprint density at radius 2 is 2.09 bits per heavy atom. The van der Waals surface area contributed by atoms with Gasteiger partial charge in [-0.25, -0.2) is 0 Å². The number of hydrogen-bond acceptors (Lipinski definition) is 4. The van der Waals surface area contributed by atoms with Gasteiger partial charge < -0.3 is 0 Å². The summed E-state index contributed by atoms with van der Waals surface area (Å²) in [5, 5.41) is 19.9. The third-order valence-corrected chi connectivity index (χ3v) is 8.27. The average Bonchev–Trinajstić information content (AvgIpc) is 3.21. The zero-order valence-electron chi connectivity index (χ0n) is 17.2. The molecule has 2 aromatic carbocycles. The Hall–Kier alpha value is -2.06. The van der Waals surface area contributed by atoms with E-state index in [2.05, 4.69) is 21.9 Å². The number of hydroxylamine groups is 1. The number of likely N-dealkylation sites (tertiary alicyclic amines) is 1. The normalized spacial score (nSPS) is 17.5. The molecule has 3 N–H and O–H groups in total. The van der Waals surface area contributed by atoms with Gasteiger partial charge in [-0.15, -0.1) is 0 Å². The Bertz CT molecular complexity index is 1170. The molecule has 1 unspecified atom stereocenters. The van der Waals surface area contributed by atoms with Crippen LogP contribution in [0, 0.1) is 22.9 Å². The van der Waals surface area contributed by atoms with E-state index >= 15 is 0 Å². The summed E-state index contributed by atoms with van der Waals surface area (Å²) in [6, 6.07) is 4.66. The minimum atomic E-state index is -1.18. The number of anilines is 1. The number of amidine groups is 1. The molecule has 1 aliphatic heterocycles. The summed E-state index contributed by atoms with van der Waals surface area (Å²) in [6.45, 7) is 1.05. The van der Waals surface area contributed by atoms with Crippen LogP contribution >= 0.6 is 11.6 Å². The molecule has 0 saturated carbocycles. The molecule has 1 aromatic heterocycles. The van der Waals surface area contributed by atoms with E-state index in [1.165, 1.54) is 18.9 Å². The molecule has 6 nitrogen and oxygen atoms in total. The number of halogens is 4. The summed E-state index contributed by atoms with van der Waals surface area (Å²) in [5.41, 5.74) is -0.150. The van der Waals surface area contributed by atoms with Crippen molar-refractivity contribution in [3.05, 3.63) is 52.3 Å². The third-order valence-electron chi connectivity index (χ3n) is 5.64.